The highest BCUT2D eigenvalue weighted by Gasteiger charge is 2.21. The Kier molecular flexibility index (Phi) is 6.33. The zero-order valence-corrected chi connectivity index (χ0v) is 19.3. The Morgan fingerprint density at radius 1 is 0.939 bits per heavy atom. The van der Waals surface area contributed by atoms with Gasteiger partial charge in [-0.25, -0.2) is 4.79 Å². The summed E-state index contributed by atoms with van der Waals surface area (Å²) in [7, 11) is 0. The van der Waals surface area contributed by atoms with Crippen LogP contribution in [-0.2, 0) is 4.74 Å². The zero-order valence-electron chi connectivity index (χ0n) is 18.5. The molecule has 4 aromatic rings. The number of carbonyl (C=O) groups excluding carboxylic acids is 2. The van der Waals surface area contributed by atoms with E-state index in [9.17, 15) is 9.59 Å². The zero-order chi connectivity index (χ0) is 23.4. The van der Waals surface area contributed by atoms with E-state index in [1.54, 1.807) is 57.2 Å². The average molecular weight is 458 g/mol. The summed E-state index contributed by atoms with van der Waals surface area (Å²) in [5.41, 5.74) is 3.94. The maximum atomic E-state index is 12.8. The first-order valence-electron chi connectivity index (χ1n) is 10.4. The number of fused-ring (bicyclic) bond motifs is 1. The molecule has 0 saturated heterocycles. The number of benzene rings is 3. The molecule has 0 aliphatic heterocycles. The molecule has 0 radical (unpaired) electrons. The number of hydrogen-bond donors (Lipinski definition) is 1. The van der Waals surface area contributed by atoms with E-state index in [2.05, 4.69) is 14.1 Å². The third-order valence-corrected chi connectivity index (χ3v) is 5.26. The topological polar surface area (TPSA) is 81.2 Å². The molecule has 1 heterocycles. The molecular formula is C26H23N3O3S. The van der Waals surface area contributed by atoms with Gasteiger partial charge < -0.3 is 10.1 Å². The summed E-state index contributed by atoms with van der Waals surface area (Å²) in [6, 6.07) is 19.9. The first kappa shape index (κ1) is 22.4. The van der Waals surface area contributed by atoms with E-state index < -0.39 is 11.6 Å². The Labute approximate surface area is 196 Å². The fraction of sp³-hybridized carbons (Fsp3) is 0.154. The van der Waals surface area contributed by atoms with Gasteiger partial charge in [-0.3, -0.25) is 4.79 Å². The monoisotopic (exact) mass is 457 g/mol. The smallest absolute Gasteiger partial charge is 0.340 e. The molecule has 0 spiro atoms. The average Bonchev–Trinajstić information content (AvgIpc) is 3.27. The summed E-state index contributed by atoms with van der Waals surface area (Å²) in [5, 5.41) is 2.86. The predicted octanol–water partition coefficient (Wildman–Crippen LogP) is 6.07. The summed E-state index contributed by atoms with van der Waals surface area (Å²) >= 11 is 1.17. The van der Waals surface area contributed by atoms with Crippen LogP contribution in [0.5, 0.6) is 0 Å². The second-order valence-electron chi connectivity index (χ2n) is 8.44. The molecule has 7 heteroatoms. The van der Waals surface area contributed by atoms with Crippen LogP contribution in [0.15, 0.2) is 66.7 Å². The maximum absolute atomic E-state index is 12.8. The summed E-state index contributed by atoms with van der Waals surface area (Å²) in [6.45, 7) is 5.41. The van der Waals surface area contributed by atoms with Crippen molar-refractivity contribution in [2.24, 2.45) is 0 Å². The lowest BCUT2D eigenvalue weighted by atomic mass is 10.1. The van der Waals surface area contributed by atoms with E-state index in [1.807, 2.05) is 42.5 Å². The van der Waals surface area contributed by atoms with Gasteiger partial charge in [0.05, 0.1) is 23.0 Å². The third-order valence-electron chi connectivity index (χ3n) is 4.72. The van der Waals surface area contributed by atoms with E-state index in [1.165, 1.54) is 11.7 Å². The van der Waals surface area contributed by atoms with Crippen molar-refractivity contribution in [3.63, 3.8) is 0 Å². The van der Waals surface area contributed by atoms with Crippen LogP contribution in [-0.4, -0.2) is 26.2 Å². The van der Waals surface area contributed by atoms with E-state index in [0.29, 0.717) is 11.3 Å². The molecule has 0 saturated carbocycles. The molecular weight excluding hydrogens is 434 g/mol. The molecule has 0 aliphatic rings. The fourth-order valence-electron chi connectivity index (χ4n) is 3.21. The van der Waals surface area contributed by atoms with Gasteiger partial charge in [0.2, 0.25) is 0 Å². The molecule has 0 aliphatic carbocycles. The Bertz CT molecular complexity index is 1340. The Balaban J connectivity index is 1.67. The summed E-state index contributed by atoms with van der Waals surface area (Å²) in [5.74, 6) is -0.806. The van der Waals surface area contributed by atoms with Gasteiger partial charge in [0, 0.05) is 11.1 Å². The van der Waals surface area contributed by atoms with Gasteiger partial charge in [-0.15, -0.1) is 0 Å². The van der Waals surface area contributed by atoms with Crippen LogP contribution in [0.3, 0.4) is 0 Å². The minimum Gasteiger partial charge on any atom is -0.456 e. The number of hydrogen-bond acceptors (Lipinski definition) is 6. The van der Waals surface area contributed by atoms with Crippen molar-refractivity contribution in [3.8, 4) is 0 Å². The van der Waals surface area contributed by atoms with Crippen LogP contribution < -0.4 is 5.32 Å². The second kappa shape index (κ2) is 9.34. The molecule has 166 valence electrons. The van der Waals surface area contributed by atoms with E-state index in [0.717, 1.165) is 22.2 Å². The molecule has 0 fully saturated rings. The lowest BCUT2D eigenvalue weighted by Crippen LogP contribution is -2.25. The number of anilines is 1. The second-order valence-corrected chi connectivity index (χ2v) is 8.97. The molecule has 1 amide bonds. The lowest BCUT2D eigenvalue weighted by Gasteiger charge is -2.21. The predicted molar refractivity (Wildman–Crippen MR) is 132 cm³/mol. The van der Waals surface area contributed by atoms with Crippen LogP contribution >= 0.6 is 11.7 Å². The largest absolute Gasteiger partial charge is 0.456 e. The van der Waals surface area contributed by atoms with E-state index in [-0.39, 0.29) is 11.5 Å². The summed E-state index contributed by atoms with van der Waals surface area (Å²) in [6.07, 6.45) is 3.85. The molecule has 0 bridgehead atoms. The van der Waals surface area contributed by atoms with Crippen molar-refractivity contribution >= 4 is 52.5 Å². The highest BCUT2D eigenvalue weighted by atomic mass is 32.1. The van der Waals surface area contributed by atoms with Gasteiger partial charge in [0.1, 0.15) is 16.6 Å². The van der Waals surface area contributed by atoms with Gasteiger partial charge in [-0.05, 0) is 56.7 Å². The Morgan fingerprint density at radius 3 is 2.48 bits per heavy atom. The van der Waals surface area contributed by atoms with Gasteiger partial charge in [0.25, 0.3) is 5.91 Å². The minimum atomic E-state index is -0.656. The number of rotatable bonds is 5. The number of aromatic nitrogens is 2. The van der Waals surface area contributed by atoms with Crippen LogP contribution in [0, 0.1) is 0 Å². The van der Waals surface area contributed by atoms with Crippen molar-refractivity contribution in [3.05, 3.63) is 89.0 Å². The Hall–Kier alpha value is -3.84. The van der Waals surface area contributed by atoms with Crippen molar-refractivity contribution in [2.75, 3.05) is 5.32 Å². The van der Waals surface area contributed by atoms with Crippen LogP contribution in [0.1, 0.15) is 52.6 Å². The summed E-state index contributed by atoms with van der Waals surface area (Å²) < 4.78 is 14.2. The standard InChI is InChI=1S/C26H23N3O3S/c1-26(2,3)32-25(31)20-15-13-17(12-14-18-10-7-11-21-23(18)29-33-28-21)16-22(20)27-24(30)19-8-5-4-6-9-19/h4-16H,1-3H3,(H,27,30)/b14-12+. The molecule has 1 aromatic heterocycles. The summed E-state index contributed by atoms with van der Waals surface area (Å²) in [4.78, 5) is 25.6. The first-order valence-corrected chi connectivity index (χ1v) is 11.2. The third kappa shape index (κ3) is 5.51. The molecule has 6 nitrogen and oxygen atoms in total. The minimum absolute atomic E-state index is 0.289. The number of nitrogens with zero attached hydrogens (tertiary/aromatic N) is 2. The van der Waals surface area contributed by atoms with E-state index in [4.69, 9.17) is 4.74 Å². The quantitative estimate of drug-likeness (QED) is 0.291. The van der Waals surface area contributed by atoms with Crippen molar-refractivity contribution in [1.29, 1.82) is 0 Å². The van der Waals surface area contributed by atoms with Crippen molar-refractivity contribution in [2.45, 2.75) is 26.4 Å². The fourth-order valence-corrected chi connectivity index (χ4v) is 3.77. The molecule has 0 unspecified atom stereocenters. The lowest BCUT2D eigenvalue weighted by molar-refractivity contribution is 0.00708. The van der Waals surface area contributed by atoms with Crippen molar-refractivity contribution < 1.29 is 14.3 Å². The maximum Gasteiger partial charge on any atom is 0.340 e. The Morgan fingerprint density at radius 2 is 1.73 bits per heavy atom. The van der Waals surface area contributed by atoms with Gasteiger partial charge in [-0.2, -0.15) is 8.75 Å². The molecule has 3 aromatic carbocycles. The number of nitrogens with one attached hydrogen (secondary N) is 1. The van der Waals surface area contributed by atoms with Crippen molar-refractivity contribution in [1.82, 2.24) is 8.75 Å². The first-order chi connectivity index (χ1) is 15.8. The van der Waals surface area contributed by atoms with Gasteiger partial charge in [0.15, 0.2) is 0 Å². The number of esters is 1. The SMILES string of the molecule is CC(C)(C)OC(=O)c1ccc(/C=C/c2cccc3nsnc23)cc1NC(=O)c1ccccc1. The highest BCUT2D eigenvalue weighted by Crippen LogP contribution is 2.24. The molecule has 4 rings (SSSR count). The number of ether oxygens (including phenoxy) is 1. The molecule has 33 heavy (non-hydrogen) atoms. The number of carbonyl (C=O) groups is 2. The van der Waals surface area contributed by atoms with Gasteiger partial charge in [-0.1, -0.05) is 48.6 Å². The number of amides is 1. The van der Waals surface area contributed by atoms with Crippen LogP contribution in [0.4, 0.5) is 5.69 Å². The van der Waals surface area contributed by atoms with Gasteiger partial charge >= 0.3 is 5.97 Å². The normalized spacial score (nSPS) is 11.6. The van der Waals surface area contributed by atoms with E-state index >= 15 is 0 Å². The molecule has 0 atom stereocenters. The van der Waals surface area contributed by atoms with Crippen LogP contribution in [0.2, 0.25) is 0 Å². The van der Waals surface area contributed by atoms with Crippen LogP contribution in [0.25, 0.3) is 23.2 Å². The highest BCUT2D eigenvalue weighted by molar-refractivity contribution is 7.00. The molecule has 1 N–H and O–H groups in total.